The van der Waals surface area contributed by atoms with Gasteiger partial charge in [-0.3, -0.25) is 0 Å². The standard InChI is InChI=1S/C9H16N4OS/c1-6-4-8(5-7(2)14-6)15-9-10-11-12-13(9)3/h6-8H,4-5H2,1-3H3/t6-,7-/m0/s1. The van der Waals surface area contributed by atoms with E-state index >= 15 is 0 Å². The van der Waals surface area contributed by atoms with Crippen LogP contribution in [-0.4, -0.2) is 37.7 Å². The highest BCUT2D eigenvalue weighted by Crippen LogP contribution is 2.32. The molecule has 1 aliphatic heterocycles. The van der Waals surface area contributed by atoms with Gasteiger partial charge in [-0.25, -0.2) is 4.68 Å². The Hall–Kier alpha value is -0.620. The average Bonchev–Trinajstić information content (AvgIpc) is 2.50. The second-order valence-electron chi connectivity index (χ2n) is 4.05. The summed E-state index contributed by atoms with van der Waals surface area (Å²) in [5.74, 6) is 0. The van der Waals surface area contributed by atoms with Crippen molar-refractivity contribution in [1.29, 1.82) is 0 Å². The first kappa shape index (κ1) is 10.9. The zero-order valence-corrected chi connectivity index (χ0v) is 10.1. The van der Waals surface area contributed by atoms with Gasteiger partial charge in [-0.1, -0.05) is 11.8 Å². The van der Waals surface area contributed by atoms with E-state index in [9.17, 15) is 0 Å². The van der Waals surface area contributed by atoms with E-state index in [-0.39, 0.29) is 0 Å². The second kappa shape index (κ2) is 4.49. The molecule has 2 heterocycles. The summed E-state index contributed by atoms with van der Waals surface area (Å²) in [4.78, 5) is 0. The van der Waals surface area contributed by atoms with Gasteiger partial charge in [0.25, 0.3) is 0 Å². The number of ether oxygens (including phenoxy) is 1. The molecule has 2 atom stereocenters. The van der Waals surface area contributed by atoms with Gasteiger partial charge in [0.15, 0.2) is 0 Å². The first-order valence-corrected chi connectivity index (χ1v) is 6.07. The molecule has 84 valence electrons. The van der Waals surface area contributed by atoms with E-state index in [4.69, 9.17) is 4.74 Å². The third-order valence-electron chi connectivity index (χ3n) is 2.51. The molecule has 1 aliphatic rings. The summed E-state index contributed by atoms with van der Waals surface area (Å²) in [5, 5.41) is 12.9. The molecule has 1 aromatic heterocycles. The molecule has 0 amide bonds. The highest BCUT2D eigenvalue weighted by atomic mass is 32.2. The molecule has 0 saturated carbocycles. The summed E-state index contributed by atoms with van der Waals surface area (Å²) in [6, 6.07) is 0. The van der Waals surface area contributed by atoms with Crippen molar-refractivity contribution in [1.82, 2.24) is 20.2 Å². The van der Waals surface area contributed by atoms with E-state index in [1.807, 2.05) is 7.05 Å². The van der Waals surface area contributed by atoms with Crippen LogP contribution in [0.25, 0.3) is 0 Å². The molecule has 15 heavy (non-hydrogen) atoms. The van der Waals surface area contributed by atoms with Crippen molar-refractivity contribution >= 4 is 11.8 Å². The van der Waals surface area contributed by atoms with Gasteiger partial charge in [0.05, 0.1) is 12.2 Å². The van der Waals surface area contributed by atoms with E-state index in [1.165, 1.54) is 0 Å². The number of hydrogen-bond acceptors (Lipinski definition) is 5. The zero-order valence-electron chi connectivity index (χ0n) is 9.25. The third kappa shape index (κ3) is 2.69. The number of aromatic nitrogens is 4. The average molecular weight is 228 g/mol. The topological polar surface area (TPSA) is 52.8 Å². The highest BCUT2D eigenvalue weighted by molar-refractivity contribution is 7.99. The van der Waals surface area contributed by atoms with Gasteiger partial charge in [0.2, 0.25) is 5.16 Å². The Morgan fingerprint density at radius 2 is 2.00 bits per heavy atom. The van der Waals surface area contributed by atoms with Gasteiger partial charge in [-0.15, -0.1) is 5.10 Å². The molecule has 1 aromatic rings. The molecule has 0 radical (unpaired) electrons. The lowest BCUT2D eigenvalue weighted by molar-refractivity contribution is -0.0265. The first-order chi connectivity index (χ1) is 7.15. The third-order valence-corrected chi connectivity index (χ3v) is 3.78. The number of hydrogen-bond donors (Lipinski definition) is 0. The quantitative estimate of drug-likeness (QED) is 0.762. The van der Waals surface area contributed by atoms with E-state index in [2.05, 4.69) is 29.4 Å². The molecule has 0 aromatic carbocycles. The van der Waals surface area contributed by atoms with E-state index in [0.29, 0.717) is 17.5 Å². The Balaban J connectivity index is 1.97. The molecular formula is C9H16N4OS. The van der Waals surface area contributed by atoms with Gasteiger partial charge in [-0.2, -0.15) is 0 Å². The van der Waals surface area contributed by atoms with E-state index < -0.39 is 0 Å². The smallest absolute Gasteiger partial charge is 0.209 e. The minimum absolute atomic E-state index is 0.340. The van der Waals surface area contributed by atoms with Crippen molar-refractivity contribution in [2.24, 2.45) is 7.05 Å². The first-order valence-electron chi connectivity index (χ1n) is 5.19. The summed E-state index contributed by atoms with van der Waals surface area (Å²) in [5.41, 5.74) is 0. The lowest BCUT2D eigenvalue weighted by Gasteiger charge is -2.31. The SMILES string of the molecule is C[C@H]1CC(Sc2nnnn2C)C[C@H](C)O1. The van der Waals surface area contributed by atoms with Crippen LogP contribution in [0.5, 0.6) is 0 Å². The monoisotopic (exact) mass is 228 g/mol. The summed E-state index contributed by atoms with van der Waals surface area (Å²) in [7, 11) is 1.87. The maximum atomic E-state index is 5.69. The lowest BCUT2D eigenvalue weighted by Crippen LogP contribution is -2.30. The predicted molar refractivity (Wildman–Crippen MR) is 57.7 cm³/mol. The van der Waals surface area contributed by atoms with Gasteiger partial charge < -0.3 is 4.74 Å². The van der Waals surface area contributed by atoms with Crippen LogP contribution in [0.2, 0.25) is 0 Å². The number of thioether (sulfide) groups is 1. The molecule has 1 saturated heterocycles. The van der Waals surface area contributed by atoms with E-state index in [1.54, 1.807) is 16.4 Å². The molecule has 5 nitrogen and oxygen atoms in total. The van der Waals surface area contributed by atoms with Crippen molar-refractivity contribution < 1.29 is 4.74 Å². The van der Waals surface area contributed by atoms with Crippen LogP contribution in [0.15, 0.2) is 5.16 Å². The second-order valence-corrected chi connectivity index (χ2v) is 5.32. The Morgan fingerprint density at radius 3 is 2.53 bits per heavy atom. The Bertz CT molecular complexity index is 320. The molecule has 6 heteroatoms. The van der Waals surface area contributed by atoms with Gasteiger partial charge in [0.1, 0.15) is 0 Å². The summed E-state index contributed by atoms with van der Waals surface area (Å²) >= 11 is 1.75. The van der Waals surface area contributed by atoms with Gasteiger partial charge in [0, 0.05) is 12.3 Å². The fourth-order valence-electron chi connectivity index (χ4n) is 1.91. The van der Waals surface area contributed by atoms with Crippen LogP contribution in [0.3, 0.4) is 0 Å². The fourth-order valence-corrected chi connectivity index (χ4v) is 3.22. The van der Waals surface area contributed by atoms with Crippen molar-refractivity contribution in [2.45, 2.75) is 49.3 Å². The number of aryl methyl sites for hydroxylation is 1. The minimum atomic E-state index is 0.340. The Kier molecular flexibility index (Phi) is 3.25. The van der Waals surface area contributed by atoms with Crippen molar-refractivity contribution in [2.75, 3.05) is 0 Å². The summed E-state index contributed by atoms with van der Waals surface area (Å²) < 4.78 is 7.41. The van der Waals surface area contributed by atoms with Crippen LogP contribution in [0.1, 0.15) is 26.7 Å². The van der Waals surface area contributed by atoms with Crippen LogP contribution < -0.4 is 0 Å². The summed E-state index contributed by atoms with van der Waals surface area (Å²) in [6.45, 7) is 4.25. The fraction of sp³-hybridized carbons (Fsp3) is 0.889. The largest absolute Gasteiger partial charge is 0.375 e. The number of nitrogens with zero attached hydrogens (tertiary/aromatic N) is 4. The molecule has 0 spiro atoms. The highest BCUT2D eigenvalue weighted by Gasteiger charge is 2.26. The molecule has 2 rings (SSSR count). The molecule has 0 aliphatic carbocycles. The maximum Gasteiger partial charge on any atom is 0.209 e. The van der Waals surface area contributed by atoms with Gasteiger partial charge in [-0.05, 0) is 37.1 Å². The molecule has 0 bridgehead atoms. The molecule has 0 unspecified atom stereocenters. The minimum Gasteiger partial charge on any atom is -0.375 e. The molecular weight excluding hydrogens is 212 g/mol. The van der Waals surface area contributed by atoms with E-state index in [0.717, 1.165) is 18.0 Å². The van der Waals surface area contributed by atoms with Crippen LogP contribution >= 0.6 is 11.8 Å². The summed E-state index contributed by atoms with van der Waals surface area (Å²) in [6.07, 6.45) is 2.82. The predicted octanol–water partition coefficient (Wildman–Crippen LogP) is 1.26. The zero-order chi connectivity index (χ0) is 10.8. The lowest BCUT2D eigenvalue weighted by atomic mass is 10.1. The molecule has 0 N–H and O–H groups in total. The van der Waals surface area contributed by atoms with Gasteiger partial charge >= 0.3 is 0 Å². The van der Waals surface area contributed by atoms with Crippen molar-refractivity contribution in [3.63, 3.8) is 0 Å². The van der Waals surface area contributed by atoms with Crippen molar-refractivity contribution in [3.8, 4) is 0 Å². The number of tetrazole rings is 1. The number of rotatable bonds is 2. The van der Waals surface area contributed by atoms with Crippen LogP contribution in [0, 0.1) is 0 Å². The normalized spacial score (nSPS) is 31.8. The van der Waals surface area contributed by atoms with Crippen molar-refractivity contribution in [3.05, 3.63) is 0 Å². The maximum absolute atomic E-state index is 5.69. The molecule has 1 fully saturated rings. The Morgan fingerprint density at radius 1 is 1.33 bits per heavy atom. The Labute approximate surface area is 93.6 Å². The van der Waals surface area contributed by atoms with Crippen LogP contribution in [0.4, 0.5) is 0 Å². The van der Waals surface area contributed by atoms with Crippen LogP contribution in [-0.2, 0) is 11.8 Å².